The van der Waals surface area contributed by atoms with Gasteiger partial charge in [-0.25, -0.2) is 4.98 Å². The molecule has 0 amide bonds. The molecule has 4 aromatic rings. The summed E-state index contributed by atoms with van der Waals surface area (Å²) in [5.41, 5.74) is 0.769. The molecule has 0 unspecified atom stereocenters. The van der Waals surface area contributed by atoms with Crippen LogP contribution in [0.4, 0.5) is 23.0 Å². The Morgan fingerprint density at radius 3 is 2.06 bits per heavy atom. The van der Waals surface area contributed by atoms with Gasteiger partial charge in [0.25, 0.3) is 40.5 Å². The van der Waals surface area contributed by atoms with Gasteiger partial charge in [-0.1, -0.05) is 17.8 Å². The summed E-state index contributed by atoms with van der Waals surface area (Å²) < 4.78 is 134. The zero-order valence-electron chi connectivity index (χ0n) is 26.0. The summed E-state index contributed by atoms with van der Waals surface area (Å²) in [6.45, 7) is 0. The predicted molar refractivity (Wildman–Crippen MR) is 188 cm³/mol. The van der Waals surface area contributed by atoms with Gasteiger partial charge in [-0.05, 0) is 48.2 Å². The van der Waals surface area contributed by atoms with E-state index in [1.54, 1.807) is 6.07 Å². The number of fused-ring (bicyclic) bond motifs is 1. The molecule has 19 nitrogen and oxygen atoms in total. The van der Waals surface area contributed by atoms with Gasteiger partial charge < -0.3 is 10.1 Å². The molecule has 0 aliphatic carbocycles. The van der Waals surface area contributed by atoms with Crippen LogP contribution in [0.5, 0.6) is 5.75 Å². The lowest BCUT2D eigenvalue weighted by Gasteiger charge is -2.12. The first-order valence-corrected chi connectivity index (χ1v) is 22.2. The van der Waals surface area contributed by atoms with E-state index in [9.17, 15) is 42.8 Å². The Morgan fingerprint density at radius 1 is 0.765 bits per heavy atom. The molecule has 0 aliphatic rings. The Bertz CT molecular complexity index is 2350. The molecular weight excluding hydrogens is 797 g/mol. The SMILES string of the molecule is COc1cc(N=Nc2ccc3cc(S(=O)(=O)O)cc(S(=O)(=O)O)c3c2)ccc1Nc1nc(CSCCS(=O)(=O)O)nc(SCCCS(=O)(=O)O)n1. The molecular formula is C26H28N6O13S6. The van der Waals surface area contributed by atoms with Crippen LogP contribution in [0.25, 0.3) is 10.8 Å². The largest absolute Gasteiger partial charge is 0.494 e. The van der Waals surface area contributed by atoms with Crippen molar-refractivity contribution in [1.29, 1.82) is 0 Å². The maximum Gasteiger partial charge on any atom is 0.295 e. The van der Waals surface area contributed by atoms with Gasteiger partial charge in [0.05, 0.1) is 46.3 Å². The molecule has 0 aliphatic heterocycles. The van der Waals surface area contributed by atoms with Gasteiger partial charge in [-0.3, -0.25) is 18.2 Å². The number of thioether (sulfide) groups is 2. The van der Waals surface area contributed by atoms with Crippen molar-refractivity contribution in [3.8, 4) is 5.75 Å². The van der Waals surface area contributed by atoms with Crippen molar-refractivity contribution in [1.82, 2.24) is 15.0 Å². The highest BCUT2D eigenvalue weighted by Crippen LogP contribution is 2.34. The molecule has 0 atom stereocenters. The second kappa shape index (κ2) is 16.4. The summed E-state index contributed by atoms with van der Waals surface area (Å²) in [7, 11) is -16.6. The van der Waals surface area contributed by atoms with Crippen LogP contribution in [0.15, 0.2) is 73.7 Å². The van der Waals surface area contributed by atoms with Crippen LogP contribution in [0.1, 0.15) is 12.2 Å². The molecule has 1 heterocycles. The molecule has 0 saturated heterocycles. The molecule has 0 radical (unpaired) electrons. The summed E-state index contributed by atoms with van der Waals surface area (Å²) in [5, 5.41) is 11.4. The number of ether oxygens (including phenoxy) is 1. The summed E-state index contributed by atoms with van der Waals surface area (Å²) in [5.74, 6) is 0.0635. The first-order valence-electron chi connectivity index (χ1n) is 14.0. The molecule has 25 heteroatoms. The van der Waals surface area contributed by atoms with E-state index < -0.39 is 61.8 Å². The first-order chi connectivity index (χ1) is 23.7. The van der Waals surface area contributed by atoms with Gasteiger partial charge in [0, 0.05) is 23.0 Å². The standard InChI is InChI=1S/C26H28N6O13S6/c1-45-22-13-18(32-31-17-4-3-16-11-19(50(39,40)41)14-23(20(16)12-17)51(42,43)44)5-6-21(22)27-25-28-24(15-46-8-10-49(36,37)38)29-26(30-25)47-7-2-9-48(33,34)35/h3-6,11-14H,2,7-10,15H2,1H3,(H,33,34,35)(H,36,37,38)(H,39,40,41)(H,42,43,44)(H,27,28,29,30). The Labute approximate surface area is 300 Å². The number of aromatic nitrogens is 3. The van der Waals surface area contributed by atoms with E-state index in [1.807, 2.05) is 0 Å². The van der Waals surface area contributed by atoms with Crippen molar-refractivity contribution < 1.29 is 56.6 Å². The van der Waals surface area contributed by atoms with Crippen LogP contribution in [-0.2, 0) is 46.2 Å². The fourth-order valence-electron chi connectivity index (χ4n) is 4.11. The quantitative estimate of drug-likeness (QED) is 0.0432. The van der Waals surface area contributed by atoms with Crippen molar-refractivity contribution in [2.45, 2.75) is 27.1 Å². The number of hydrogen-bond acceptors (Lipinski definition) is 17. The van der Waals surface area contributed by atoms with Crippen LogP contribution in [0.3, 0.4) is 0 Å². The van der Waals surface area contributed by atoms with Crippen LogP contribution in [0, 0.1) is 0 Å². The lowest BCUT2D eigenvalue weighted by Crippen LogP contribution is -2.08. The van der Waals surface area contributed by atoms with Crippen LogP contribution >= 0.6 is 23.5 Å². The van der Waals surface area contributed by atoms with Gasteiger partial charge >= 0.3 is 0 Å². The highest BCUT2D eigenvalue weighted by atomic mass is 32.2. The Morgan fingerprint density at radius 2 is 1.43 bits per heavy atom. The van der Waals surface area contributed by atoms with Crippen LogP contribution < -0.4 is 10.1 Å². The number of benzene rings is 3. The molecule has 3 aromatic carbocycles. The van der Waals surface area contributed by atoms with Gasteiger partial charge in [0.15, 0.2) is 5.16 Å². The van der Waals surface area contributed by atoms with E-state index in [2.05, 4.69) is 30.5 Å². The highest BCUT2D eigenvalue weighted by Gasteiger charge is 2.21. The predicted octanol–water partition coefficient (Wildman–Crippen LogP) is 4.18. The minimum Gasteiger partial charge on any atom is -0.494 e. The van der Waals surface area contributed by atoms with Crippen molar-refractivity contribution in [3.63, 3.8) is 0 Å². The lowest BCUT2D eigenvalue weighted by atomic mass is 10.1. The number of hydrogen-bond donors (Lipinski definition) is 5. The monoisotopic (exact) mass is 824 g/mol. The maximum atomic E-state index is 12.0. The van der Waals surface area contributed by atoms with E-state index >= 15 is 0 Å². The summed E-state index contributed by atoms with van der Waals surface area (Å²) in [6, 6.07) is 10.2. The van der Waals surface area contributed by atoms with Gasteiger partial charge in [0.2, 0.25) is 5.95 Å². The van der Waals surface area contributed by atoms with Crippen LogP contribution in [0.2, 0.25) is 0 Å². The fraction of sp³-hybridized carbons (Fsp3) is 0.269. The third-order valence-electron chi connectivity index (χ3n) is 6.32. The smallest absolute Gasteiger partial charge is 0.295 e. The third-order valence-corrected chi connectivity index (χ3v) is 11.7. The third kappa shape index (κ3) is 12.6. The Kier molecular flexibility index (Phi) is 13.0. The highest BCUT2D eigenvalue weighted by molar-refractivity contribution is 7.99. The van der Waals surface area contributed by atoms with E-state index in [0.717, 1.165) is 29.6 Å². The topological polar surface area (TPSA) is 302 Å². The normalized spacial score (nSPS) is 12.8. The average molecular weight is 825 g/mol. The Hall–Kier alpha value is -3.53. The average Bonchev–Trinajstić information content (AvgIpc) is 3.02. The van der Waals surface area contributed by atoms with Crippen molar-refractivity contribution in [3.05, 3.63) is 54.4 Å². The summed E-state index contributed by atoms with van der Waals surface area (Å²) >= 11 is 2.24. The van der Waals surface area contributed by atoms with Crippen LogP contribution in [-0.4, -0.2) is 97.0 Å². The summed E-state index contributed by atoms with van der Waals surface area (Å²) in [4.78, 5) is 11.5. The zero-order valence-corrected chi connectivity index (χ0v) is 30.9. The molecule has 0 saturated carbocycles. The van der Waals surface area contributed by atoms with Crippen molar-refractivity contribution in [2.24, 2.45) is 10.2 Å². The lowest BCUT2D eigenvalue weighted by molar-refractivity contribution is 0.417. The molecule has 276 valence electrons. The van der Waals surface area contributed by atoms with Crippen molar-refractivity contribution in [2.75, 3.05) is 35.4 Å². The number of anilines is 2. The Balaban J connectivity index is 1.58. The minimum atomic E-state index is -4.91. The number of azo groups is 1. The van der Waals surface area contributed by atoms with Gasteiger partial charge in [0.1, 0.15) is 16.5 Å². The summed E-state index contributed by atoms with van der Waals surface area (Å²) in [6.07, 6.45) is 0.107. The van der Waals surface area contributed by atoms with Gasteiger partial charge in [-0.15, -0.1) is 0 Å². The zero-order chi connectivity index (χ0) is 37.6. The second-order valence-corrected chi connectivity index (χ2v) is 18.3. The molecule has 0 bridgehead atoms. The minimum absolute atomic E-state index is 0.0586. The number of nitrogens with zero attached hydrogens (tertiary/aromatic N) is 5. The molecule has 0 fully saturated rings. The number of methoxy groups -OCH3 is 1. The fourth-order valence-corrected chi connectivity index (χ4v) is 8.71. The number of nitrogens with one attached hydrogen (secondary N) is 1. The molecule has 4 rings (SSSR count). The molecule has 51 heavy (non-hydrogen) atoms. The second-order valence-electron chi connectivity index (χ2n) is 10.2. The molecule has 5 N–H and O–H groups in total. The van der Waals surface area contributed by atoms with Crippen molar-refractivity contribution >= 4 is 97.8 Å². The number of rotatable bonds is 17. The first kappa shape index (κ1) is 40.2. The maximum absolute atomic E-state index is 12.0. The van der Waals surface area contributed by atoms with E-state index in [0.29, 0.717) is 11.8 Å². The van der Waals surface area contributed by atoms with E-state index in [1.165, 1.54) is 37.4 Å². The van der Waals surface area contributed by atoms with E-state index in [4.69, 9.17) is 13.8 Å². The van der Waals surface area contributed by atoms with E-state index in [-0.39, 0.29) is 68.5 Å². The molecule has 1 aromatic heterocycles. The van der Waals surface area contributed by atoms with Gasteiger partial charge in [-0.2, -0.15) is 65.6 Å². The molecule has 0 spiro atoms.